The van der Waals surface area contributed by atoms with Crippen molar-refractivity contribution in [3.63, 3.8) is 0 Å². The van der Waals surface area contributed by atoms with E-state index in [1.165, 1.54) is 37.9 Å². The fraction of sp³-hybridized carbons (Fsp3) is 0.238. The largest absolute Gasteiger partial charge is 0.417 e. The molecule has 7 nitrogen and oxygen atoms in total. The minimum Gasteiger partial charge on any atom is -0.366 e. The van der Waals surface area contributed by atoms with E-state index < -0.39 is 46.4 Å². The number of nitrogens with one attached hydrogen (secondary N) is 1. The van der Waals surface area contributed by atoms with Crippen molar-refractivity contribution in [1.29, 1.82) is 0 Å². The molecule has 1 aliphatic heterocycles. The van der Waals surface area contributed by atoms with E-state index in [1.54, 1.807) is 0 Å². The van der Waals surface area contributed by atoms with E-state index in [-0.39, 0.29) is 22.1 Å². The van der Waals surface area contributed by atoms with E-state index in [0.717, 1.165) is 23.1 Å². The summed E-state index contributed by atoms with van der Waals surface area (Å²) in [5.74, 6) is -3.49. The highest BCUT2D eigenvalue weighted by molar-refractivity contribution is 7.81. The van der Waals surface area contributed by atoms with Gasteiger partial charge < -0.3 is 16.0 Å². The van der Waals surface area contributed by atoms with Crippen molar-refractivity contribution in [3.05, 3.63) is 58.9 Å². The molecular formula is C21H18F4N4O3S. The summed E-state index contributed by atoms with van der Waals surface area (Å²) in [6, 6.07) is 6.18. The third-order valence-electron chi connectivity index (χ3n) is 5.18. The molecule has 0 saturated carbocycles. The van der Waals surface area contributed by atoms with Gasteiger partial charge in [-0.05, 0) is 62.5 Å². The summed E-state index contributed by atoms with van der Waals surface area (Å²) >= 11 is 5.38. The predicted molar refractivity (Wildman–Crippen MR) is 116 cm³/mol. The number of alkyl halides is 3. The normalized spacial score (nSPS) is 15.7. The Balaban J connectivity index is 2.11. The maximum absolute atomic E-state index is 14.5. The Morgan fingerprint density at radius 3 is 2.15 bits per heavy atom. The van der Waals surface area contributed by atoms with E-state index in [1.807, 2.05) is 0 Å². The van der Waals surface area contributed by atoms with Gasteiger partial charge in [0.05, 0.1) is 22.4 Å². The summed E-state index contributed by atoms with van der Waals surface area (Å²) in [4.78, 5) is 38.5. The van der Waals surface area contributed by atoms with Gasteiger partial charge in [-0.15, -0.1) is 0 Å². The quantitative estimate of drug-likeness (QED) is 0.516. The smallest absolute Gasteiger partial charge is 0.366 e. The minimum atomic E-state index is -4.92. The minimum absolute atomic E-state index is 0.121. The second-order valence-corrected chi connectivity index (χ2v) is 8.02. The number of nitrogens with zero attached hydrogens (tertiary/aromatic N) is 2. The van der Waals surface area contributed by atoms with Crippen LogP contribution in [0.5, 0.6) is 0 Å². The number of thiocarbonyl (C=S) groups is 1. The van der Waals surface area contributed by atoms with Gasteiger partial charge in [0.25, 0.3) is 11.8 Å². The molecule has 0 bridgehead atoms. The lowest BCUT2D eigenvalue weighted by atomic mass is 10.0. The second-order valence-electron chi connectivity index (χ2n) is 7.65. The van der Waals surface area contributed by atoms with Crippen LogP contribution < -0.4 is 20.9 Å². The van der Waals surface area contributed by atoms with Crippen LogP contribution in [0.15, 0.2) is 36.4 Å². The van der Waals surface area contributed by atoms with Crippen molar-refractivity contribution in [2.75, 3.05) is 16.8 Å². The molecule has 1 aliphatic rings. The number of hydrogen-bond acceptors (Lipinski definition) is 4. The van der Waals surface area contributed by atoms with Gasteiger partial charge in [-0.25, -0.2) is 4.39 Å². The molecule has 0 unspecified atom stereocenters. The number of rotatable bonds is 4. The summed E-state index contributed by atoms with van der Waals surface area (Å²) in [6.07, 6.45) is -4.92. The van der Waals surface area contributed by atoms with Crippen LogP contribution in [0.3, 0.4) is 0 Å². The number of hydrogen-bond donors (Lipinski definition) is 2. The molecule has 174 valence electrons. The highest BCUT2D eigenvalue weighted by Gasteiger charge is 2.51. The Kier molecular flexibility index (Phi) is 5.92. The fourth-order valence-corrected chi connectivity index (χ4v) is 4.06. The molecule has 0 atom stereocenters. The number of carbonyl (C=O) groups is 3. The standard InChI is InChI=1S/C21H18F4N4O3S/c1-20(2)18(32)28(10-4-6-12(16(26)30)14(8-10)21(23,24)25)19(33)29(20)11-5-7-13(15(22)9-11)17(31)27-3/h4-9H,1-3H3,(H2,26,30)(H,27,31). The van der Waals surface area contributed by atoms with Crippen molar-refractivity contribution in [2.24, 2.45) is 5.73 Å². The second kappa shape index (κ2) is 8.10. The van der Waals surface area contributed by atoms with E-state index in [2.05, 4.69) is 5.32 Å². The SMILES string of the molecule is CNC(=O)c1ccc(N2C(=S)N(c3ccc(C(N)=O)c(C(F)(F)F)c3)C(=O)C2(C)C)cc1F. The van der Waals surface area contributed by atoms with Crippen LogP contribution in [0.4, 0.5) is 28.9 Å². The van der Waals surface area contributed by atoms with Crippen molar-refractivity contribution in [3.8, 4) is 0 Å². The summed E-state index contributed by atoms with van der Waals surface area (Å²) in [5.41, 5.74) is 1.22. The van der Waals surface area contributed by atoms with Crippen LogP contribution in [0, 0.1) is 5.82 Å². The lowest BCUT2D eigenvalue weighted by molar-refractivity contribution is -0.138. The lowest BCUT2D eigenvalue weighted by Gasteiger charge is -2.29. The number of halogens is 4. The van der Waals surface area contributed by atoms with Crippen molar-refractivity contribution < 1.29 is 31.9 Å². The number of carbonyl (C=O) groups excluding carboxylic acids is 3. The van der Waals surface area contributed by atoms with Crippen molar-refractivity contribution in [2.45, 2.75) is 25.6 Å². The molecular weight excluding hydrogens is 464 g/mol. The van der Waals surface area contributed by atoms with E-state index in [9.17, 15) is 31.9 Å². The first-order valence-electron chi connectivity index (χ1n) is 9.43. The van der Waals surface area contributed by atoms with Gasteiger partial charge >= 0.3 is 6.18 Å². The van der Waals surface area contributed by atoms with Gasteiger partial charge in [-0.1, -0.05) is 0 Å². The maximum Gasteiger partial charge on any atom is 0.417 e. The first-order chi connectivity index (χ1) is 15.2. The van der Waals surface area contributed by atoms with Crippen LogP contribution in [0.25, 0.3) is 0 Å². The van der Waals surface area contributed by atoms with Crippen molar-refractivity contribution in [1.82, 2.24) is 5.32 Å². The summed E-state index contributed by atoms with van der Waals surface area (Å²) in [5, 5.41) is 2.09. The van der Waals surface area contributed by atoms with E-state index in [0.29, 0.717) is 6.07 Å². The Hall–Kier alpha value is -3.54. The Labute approximate surface area is 191 Å². The van der Waals surface area contributed by atoms with Gasteiger partial charge in [0.15, 0.2) is 5.11 Å². The number of nitrogens with two attached hydrogens (primary N) is 1. The average molecular weight is 482 g/mol. The monoisotopic (exact) mass is 482 g/mol. The van der Waals surface area contributed by atoms with Gasteiger partial charge in [0.2, 0.25) is 5.91 Å². The molecule has 12 heteroatoms. The van der Waals surface area contributed by atoms with E-state index in [4.69, 9.17) is 18.0 Å². The summed E-state index contributed by atoms with van der Waals surface area (Å²) in [6.45, 7) is 2.93. The van der Waals surface area contributed by atoms with Gasteiger partial charge in [0.1, 0.15) is 11.4 Å². The first kappa shape index (κ1) is 24.1. The molecule has 1 saturated heterocycles. The molecule has 0 aromatic heterocycles. The van der Waals surface area contributed by atoms with Crippen LogP contribution >= 0.6 is 12.2 Å². The van der Waals surface area contributed by atoms with Gasteiger partial charge in [-0.3, -0.25) is 19.3 Å². The third kappa shape index (κ3) is 4.01. The summed E-state index contributed by atoms with van der Waals surface area (Å²) < 4.78 is 55.1. The molecule has 3 N–H and O–H groups in total. The fourth-order valence-electron chi connectivity index (χ4n) is 3.54. The Bertz CT molecular complexity index is 1200. The number of primary amides is 1. The highest BCUT2D eigenvalue weighted by Crippen LogP contribution is 2.40. The molecule has 1 fully saturated rings. The van der Waals surface area contributed by atoms with Gasteiger partial charge in [0, 0.05) is 12.7 Å². The Morgan fingerprint density at radius 1 is 1.06 bits per heavy atom. The topological polar surface area (TPSA) is 95.7 Å². The van der Waals surface area contributed by atoms with E-state index >= 15 is 0 Å². The zero-order chi connectivity index (χ0) is 24.9. The molecule has 0 radical (unpaired) electrons. The first-order valence-corrected chi connectivity index (χ1v) is 9.84. The van der Waals surface area contributed by atoms with Crippen LogP contribution in [0.2, 0.25) is 0 Å². The number of benzene rings is 2. The number of anilines is 2. The molecule has 1 heterocycles. The Morgan fingerprint density at radius 2 is 1.64 bits per heavy atom. The zero-order valence-corrected chi connectivity index (χ0v) is 18.4. The molecule has 0 spiro atoms. The molecule has 3 amide bonds. The molecule has 33 heavy (non-hydrogen) atoms. The zero-order valence-electron chi connectivity index (χ0n) is 17.6. The molecule has 3 rings (SSSR count). The highest BCUT2D eigenvalue weighted by atomic mass is 32.1. The van der Waals surface area contributed by atoms with Crippen molar-refractivity contribution >= 4 is 46.4 Å². The molecule has 2 aromatic rings. The number of amides is 3. The van der Waals surface area contributed by atoms with Gasteiger partial charge in [-0.2, -0.15) is 13.2 Å². The molecule has 0 aliphatic carbocycles. The maximum atomic E-state index is 14.5. The summed E-state index contributed by atoms with van der Waals surface area (Å²) in [7, 11) is 1.34. The lowest BCUT2D eigenvalue weighted by Crippen LogP contribution is -2.44. The molecule has 2 aromatic carbocycles. The van der Waals surface area contributed by atoms with Crippen LogP contribution in [-0.2, 0) is 11.0 Å². The predicted octanol–water partition coefficient (Wildman–Crippen LogP) is 3.22. The average Bonchev–Trinajstić information content (AvgIpc) is 2.90. The van der Waals surface area contributed by atoms with Crippen LogP contribution in [-0.4, -0.2) is 35.4 Å². The third-order valence-corrected chi connectivity index (χ3v) is 5.55. The van der Waals surface area contributed by atoms with Crippen LogP contribution in [0.1, 0.15) is 40.1 Å².